The first kappa shape index (κ1) is 19.4. The minimum Gasteiger partial charge on any atom is -0.398 e. The molecule has 3 aromatic rings. The number of amides is 1. The van der Waals surface area contributed by atoms with Crippen LogP contribution in [0.25, 0.3) is 0 Å². The van der Waals surface area contributed by atoms with Gasteiger partial charge in [0.25, 0.3) is 5.91 Å². The van der Waals surface area contributed by atoms with Crippen molar-refractivity contribution >= 4 is 28.8 Å². The summed E-state index contributed by atoms with van der Waals surface area (Å²) >= 11 is 0. The molecule has 0 heterocycles. The summed E-state index contributed by atoms with van der Waals surface area (Å²) in [4.78, 5) is 38.4. The Balaban J connectivity index is 1.70. The Morgan fingerprint density at radius 2 is 1.37 bits per heavy atom. The summed E-state index contributed by atoms with van der Waals surface area (Å²) in [5.74, 6) is -1.63. The van der Waals surface area contributed by atoms with Gasteiger partial charge in [0.1, 0.15) is 0 Å². The zero-order valence-corrected chi connectivity index (χ0v) is 15.2. The molecule has 5 nitrogen and oxygen atoms in total. The number of anilines is 2. The Hall–Kier alpha value is -3.94. The number of benzene rings is 3. The predicted octanol–water partition coefficient (Wildman–Crippen LogP) is 4.32. The Morgan fingerprint density at radius 1 is 0.800 bits per heavy atom. The maximum absolute atomic E-state index is 13.0. The fraction of sp³-hybridized carbons (Fsp3) is 0.0455. The number of carbonyl (C=O) groups excluding carboxylic acids is 3. The molecule has 3 N–H and O–H groups in total. The molecule has 0 bridgehead atoms. The Bertz CT molecular complexity index is 1220. The maximum Gasteiger partial charge on any atom is 0.416 e. The molecule has 0 aliphatic heterocycles. The molecule has 1 amide bonds. The Morgan fingerprint density at radius 3 is 2.00 bits per heavy atom. The highest BCUT2D eigenvalue weighted by molar-refractivity contribution is 6.32. The number of nitrogens with one attached hydrogen (secondary N) is 1. The lowest BCUT2D eigenvalue weighted by molar-refractivity contribution is -0.137. The highest BCUT2D eigenvalue weighted by Crippen LogP contribution is 2.34. The number of halogens is 3. The van der Waals surface area contributed by atoms with Crippen molar-refractivity contribution in [2.75, 3.05) is 11.1 Å². The number of carbonyl (C=O) groups is 3. The van der Waals surface area contributed by atoms with Crippen LogP contribution in [0.4, 0.5) is 24.5 Å². The number of nitrogens with two attached hydrogens (primary N) is 1. The first-order valence-corrected chi connectivity index (χ1v) is 8.78. The summed E-state index contributed by atoms with van der Waals surface area (Å²) in [6.45, 7) is 0. The van der Waals surface area contributed by atoms with E-state index in [-0.39, 0.29) is 39.2 Å². The average Bonchev–Trinajstić information content (AvgIpc) is 2.71. The van der Waals surface area contributed by atoms with Crippen molar-refractivity contribution in [1.29, 1.82) is 0 Å². The first-order chi connectivity index (χ1) is 14.2. The van der Waals surface area contributed by atoms with Gasteiger partial charge < -0.3 is 11.1 Å². The zero-order valence-electron chi connectivity index (χ0n) is 15.2. The van der Waals surface area contributed by atoms with Crippen LogP contribution >= 0.6 is 0 Å². The van der Waals surface area contributed by atoms with Crippen LogP contribution in [0.15, 0.2) is 60.7 Å². The van der Waals surface area contributed by atoms with Gasteiger partial charge in [0.2, 0.25) is 0 Å². The van der Waals surface area contributed by atoms with Crippen molar-refractivity contribution in [3.63, 3.8) is 0 Å². The minimum absolute atomic E-state index is 0.0147. The van der Waals surface area contributed by atoms with Crippen molar-refractivity contribution in [2.24, 2.45) is 0 Å². The van der Waals surface area contributed by atoms with Gasteiger partial charge in [-0.2, -0.15) is 13.2 Å². The summed E-state index contributed by atoms with van der Waals surface area (Å²) in [5.41, 5.74) is 5.57. The van der Waals surface area contributed by atoms with Crippen LogP contribution in [0.5, 0.6) is 0 Å². The maximum atomic E-state index is 13.0. The summed E-state index contributed by atoms with van der Waals surface area (Å²) in [6.07, 6.45) is -4.52. The second-order valence-corrected chi connectivity index (χ2v) is 6.69. The van der Waals surface area contributed by atoms with Crippen LogP contribution in [-0.2, 0) is 6.18 Å². The van der Waals surface area contributed by atoms with Gasteiger partial charge in [-0.15, -0.1) is 0 Å². The van der Waals surface area contributed by atoms with Crippen LogP contribution in [0.3, 0.4) is 0 Å². The molecule has 0 radical (unpaired) electrons. The topological polar surface area (TPSA) is 89.3 Å². The minimum atomic E-state index is -4.52. The number of rotatable bonds is 2. The van der Waals surface area contributed by atoms with E-state index in [0.29, 0.717) is 0 Å². The van der Waals surface area contributed by atoms with Crippen LogP contribution in [-0.4, -0.2) is 17.5 Å². The van der Waals surface area contributed by atoms with E-state index >= 15 is 0 Å². The third-order valence-corrected chi connectivity index (χ3v) is 4.83. The van der Waals surface area contributed by atoms with Gasteiger partial charge >= 0.3 is 6.18 Å². The van der Waals surface area contributed by atoms with Crippen LogP contribution in [0.1, 0.15) is 47.8 Å². The second kappa shape index (κ2) is 6.84. The van der Waals surface area contributed by atoms with Gasteiger partial charge in [-0.25, -0.2) is 0 Å². The van der Waals surface area contributed by atoms with Gasteiger partial charge in [0.05, 0.1) is 22.4 Å². The molecule has 4 rings (SSSR count). The zero-order chi connectivity index (χ0) is 21.6. The SMILES string of the molecule is Nc1cccc2c1C(=O)c1cccc(NC(=O)c3ccc(C(F)(F)F)cc3)c1C2=O. The van der Waals surface area contributed by atoms with E-state index in [1.165, 1.54) is 30.3 Å². The highest BCUT2D eigenvalue weighted by atomic mass is 19.4. The van der Waals surface area contributed by atoms with E-state index < -0.39 is 29.2 Å². The van der Waals surface area contributed by atoms with Crippen molar-refractivity contribution in [1.82, 2.24) is 0 Å². The lowest BCUT2D eigenvalue weighted by atomic mass is 9.82. The van der Waals surface area contributed by atoms with Crippen molar-refractivity contribution < 1.29 is 27.6 Å². The van der Waals surface area contributed by atoms with Crippen molar-refractivity contribution in [2.45, 2.75) is 6.18 Å². The molecular formula is C22H13F3N2O3. The fourth-order valence-electron chi connectivity index (χ4n) is 3.38. The van der Waals surface area contributed by atoms with E-state index in [9.17, 15) is 27.6 Å². The molecule has 30 heavy (non-hydrogen) atoms. The van der Waals surface area contributed by atoms with Crippen LogP contribution in [0.2, 0.25) is 0 Å². The van der Waals surface area contributed by atoms with Crippen molar-refractivity contribution in [3.05, 3.63) is 94.0 Å². The number of ketones is 2. The smallest absolute Gasteiger partial charge is 0.398 e. The largest absolute Gasteiger partial charge is 0.416 e. The number of fused-ring (bicyclic) bond motifs is 2. The molecule has 1 aliphatic rings. The van der Waals surface area contributed by atoms with Gasteiger partial charge in [-0.3, -0.25) is 14.4 Å². The Labute approximate surface area is 168 Å². The average molecular weight is 410 g/mol. The molecule has 0 atom stereocenters. The molecule has 0 aromatic heterocycles. The summed E-state index contributed by atoms with van der Waals surface area (Å²) in [6, 6.07) is 12.6. The highest BCUT2D eigenvalue weighted by Gasteiger charge is 2.33. The number of nitrogen functional groups attached to an aromatic ring is 1. The molecule has 0 unspecified atom stereocenters. The molecule has 0 saturated heterocycles. The third kappa shape index (κ3) is 3.12. The van der Waals surface area contributed by atoms with Gasteiger partial charge in [-0.1, -0.05) is 24.3 Å². The number of hydrogen-bond acceptors (Lipinski definition) is 4. The summed E-state index contributed by atoms with van der Waals surface area (Å²) < 4.78 is 38.1. The van der Waals surface area contributed by atoms with Gasteiger partial charge in [0.15, 0.2) is 11.6 Å². The normalized spacial score (nSPS) is 12.9. The summed E-state index contributed by atoms with van der Waals surface area (Å²) in [7, 11) is 0. The van der Waals surface area contributed by atoms with E-state index in [1.807, 2.05) is 0 Å². The molecule has 0 spiro atoms. The summed E-state index contributed by atoms with van der Waals surface area (Å²) in [5, 5.41) is 2.52. The quantitative estimate of drug-likeness (QED) is 0.482. The predicted molar refractivity (Wildman–Crippen MR) is 104 cm³/mol. The monoisotopic (exact) mass is 410 g/mol. The van der Waals surface area contributed by atoms with Gasteiger partial charge in [0, 0.05) is 22.4 Å². The fourth-order valence-corrected chi connectivity index (χ4v) is 3.38. The van der Waals surface area contributed by atoms with Gasteiger partial charge in [-0.05, 0) is 36.4 Å². The number of alkyl halides is 3. The third-order valence-electron chi connectivity index (χ3n) is 4.83. The molecular weight excluding hydrogens is 397 g/mol. The Kier molecular flexibility index (Phi) is 4.42. The molecule has 0 fully saturated rings. The lowest BCUT2D eigenvalue weighted by Gasteiger charge is -2.21. The molecule has 150 valence electrons. The van der Waals surface area contributed by atoms with E-state index in [4.69, 9.17) is 5.73 Å². The second-order valence-electron chi connectivity index (χ2n) is 6.69. The van der Waals surface area contributed by atoms with Crippen LogP contribution in [0, 0.1) is 0 Å². The van der Waals surface area contributed by atoms with E-state index in [1.54, 1.807) is 6.07 Å². The van der Waals surface area contributed by atoms with E-state index in [2.05, 4.69) is 5.32 Å². The number of hydrogen-bond donors (Lipinski definition) is 2. The standard InChI is InChI=1S/C22H13F3N2O3/c23-22(24,25)12-9-7-11(8-10-12)21(30)27-16-6-2-4-14-18(16)20(29)13-3-1-5-15(26)17(13)19(14)28/h1-10H,26H2,(H,27,30). The van der Waals surface area contributed by atoms with Crippen LogP contribution < -0.4 is 11.1 Å². The molecule has 8 heteroatoms. The van der Waals surface area contributed by atoms with Crippen molar-refractivity contribution in [3.8, 4) is 0 Å². The molecule has 1 aliphatic carbocycles. The first-order valence-electron chi connectivity index (χ1n) is 8.78. The lowest BCUT2D eigenvalue weighted by Crippen LogP contribution is -2.25. The molecule has 3 aromatic carbocycles. The molecule has 0 saturated carbocycles. The van der Waals surface area contributed by atoms with E-state index in [0.717, 1.165) is 24.3 Å².